The Morgan fingerprint density at radius 2 is 1.58 bits per heavy atom. The predicted molar refractivity (Wildman–Crippen MR) is 95.2 cm³/mol. The average Bonchev–Trinajstić information content (AvgIpc) is 2.61. The van der Waals surface area contributed by atoms with Crippen molar-refractivity contribution >= 4 is 0 Å². The summed E-state index contributed by atoms with van der Waals surface area (Å²) in [7, 11) is 3.89. The number of hydrogen-bond acceptors (Lipinski definition) is 3. The highest BCUT2D eigenvalue weighted by molar-refractivity contribution is 5.40. The zero-order valence-electron chi connectivity index (χ0n) is 15.2. The Bertz CT molecular complexity index is 714. The summed E-state index contributed by atoms with van der Waals surface area (Å²) in [6, 6.07) is 11.7. The summed E-state index contributed by atoms with van der Waals surface area (Å²) in [4.78, 5) is 2.00. The van der Waals surface area contributed by atoms with Crippen molar-refractivity contribution < 1.29 is 23.0 Å². The van der Waals surface area contributed by atoms with Crippen LogP contribution in [0.5, 0.6) is 5.75 Å². The Hall–Kier alpha value is -2.05. The van der Waals surface area contributed by atoms with Crippen molar-refractivity contribution in [3.05, 3.63) is 65.2 Å². The van der Waals surface area contributed by atoms with Crippen LogP contribution >= 0.6 is 0 Å². The third-order valence-corrected chi connectivity index (χ3v) is 4.32. The topological polar surface area (TPSA) is 32.7 Å². The van der Waals surface area contributed by atoms with Crippen LogP contribution in [0.2, 0.25) is 0 Å². The van der Waals surface area contributed by atoms with Gasteiger partial charge in [0.15, 0.2) is 0 Å². The summed E-state index contributed by atoms with van der Waals surface area (Å²) in [5, 5.41) is 11.1. The van der Waals surface area contributed by atoms with Crippen molar-refractivity contribution in [2.75, 3.05) is 27.2 Å². The van der Waals surface area contributed by atoms with Gasteiger partial charge in [0, 0.05) is 6.54 Å². The van der Waals surface area contributed by atoms with Crippen molar-refractivity contribution in [3.63, 3.8) is 0 Å². The molecule has 1 unspecified atom stereocenters. The molecule has 1 N–H and O–H groups in total. The van der Waals surface area contributed by atoms with Crippen LogP contribution in [0.4, 0.5) is 13.2 Å². The van der Waals surface area contributed by atoms with E-state index in [4.69, 9.17) is 4.74 Å². The molecule has 0 aliphatic rings. The van der Waals surface area contributed by atoms with Gasteiger partial charge in [-0.2, -0.15) is 13.2 Å². The van der Waals surface area contributed by atoms with Gasteiger partial charge >= 0.3 is 6.18 Å². The van der Waals surface area contributed by atoms with E-state index >= 15 is 0 Å². The molecule has 0 fully saturated rings. The second-order valence-electron chi connectivity index (χ2n) is 6.47. The Balaban J connectivity index is 2.26. The molecule has 0 amide bonds. The van der Waals surface area contributed by atoms with E-state index in [1.54, 1.807) is 31.2 Å². The lowest BCUT2D eigenvalue weighted by Gasteiger charge is -2.29. The molecule has 0 bridgehead atoms. The lowest BCUT2D eigenvalue weighted by atomic mass is 9.83. The number of alkyl halides is 3. The molecular formula is C20H24F3NO2. The number of hydrogen-bond donors (Lipinski definition) is 1. The Morgan fingerprint density at radius 3 is 2.12 bits per heavy atom. The Labute approximate surface area is 152 Å². The molecule has 2 aromatic rings. The van der Waals surface area contributed by atoms with Gasteiger partial charge < -0.3 is 14.7 Å². The highest BCUT2D eigenvalue weighted by atomic mass is 19.4. The molecule has 0 saturated carbocycles. The van der Waals surface area contributed by atoms with Crippen LogP contribution in [0, 0.1) is 0 Å². The Morgan fingerprint density at radius 1 is 0.962 bits per heavy atom. The molecule has 0 radical (unpaired) electrons. The first kappa shape index (κ1) is 20.3. The molecule has 6 heteroatoms. The van der Waals surface area contributed by atoms with E-state index in [1.165, 1.54) is 12.1 Å². The molecule has 2 rings (SSSR count). The zero-order chi connectivity index (χ0) is 19.4. The number of likely N-dealkylation sites (N-methyl/N-ethyl adjacent to an activating group) is 1. The minimum Gasteiger partial charge on any atom is -0.492 e. The zero-order valence-corrected chi connectivity index (χ0v) is 15.2. The van der Waals surface area contributed by atoms with Gasteiger partial charge in [-0.25, -0.2) is 0 Å². The van der Waals surface area contributed by atoms with Gasteiger partial charge in [-0.3, -0.25) is 0 Å². The van der Waals surface area contributed by atoms with Gasteiger partial charge in [-0.15, -0.1) is 0 Å². The second-order valence-corrected chi connectivity index (χ2v) is 6.47. The maximum absolute atomic E-state index is 13.0. The lowest BCUT2D eigenvalue weighted by Crippen LogP contribution is -2.26. The highest BCUT2D eigenvalue weighted by Gasteiger charge is 2.34. The Kier molecular flexibility index (Phi) is 6.31. The van der Waals surface area contributed by atoms with Crippen molar-refractivity contribution in [2.24, 2.45) is 0 Å². The van der Waals surface area contributed by atoms with E-state index in [9.17, 15) is 18.3 Å². The van der Waals surface area contributed by atoms with Crippen LogP contribution in [0.15, 0.2) is 48.5 Å². The first-order chi connectivity index (χ1) is 12.2. The van der Waals surface area contributed by atoms with E-state index in [-0.39, 0.29) is 12.0 Å². The molecule has 26 heavy (non-hydrogen) atoms. The van der Waals surface area contributed by atoms with E-state index in [2.05, 4.69) is 0 Å². The van der Waals surface area contributed by atoms with E-state index in [0.29, 0.717) is 17.9 Å². The lowest BCUT2D eigenvalue weighted by molar-refractivity contribution is -0.137. The van der Waals surface area contributed by atoms with E-state index in [1.807, 2.05) is 19.0 Å². The largest absolute Gasteiger partial charge is 0.492 e. The number of rotatable bonds is 7. The average molecular weight is 367 g/mol. The van der Waals surface area contributed by atoms with Crippen LogP contribution in [0.25, 0.3) is 0 Å². The summed E-state index contributed by atoms with van der Waals surface area (Å²) >= 11 is 0. The number of aliphatic hydroxyl groups is 1. The van der Waals surface area contributed by atoms with Crippen LogP contribution in [0.3, 0.4) is 0 Å². The summed E-state index contributed by atoms with van der Waals surface area (Å²) < 4.78 is 44.6. The van der Waals surface area contributed by atoms with Gasteiger partial charge in [-0.05, 0) is 55.9 Å². The molecule has 3 nitrogen and oxygen atoms in total. The molecule has 0 spiro atoms. The molecular weight excluding hydrogens is 343 g/mol. The monoisotopic (exact) mass is 367 g/mol. The fourth-order valence-corrected chi connectivity index (χ4v) is 2.70. The number of ether oxygens (including phenoxy) is 1. The van der Waals surface area contributed by atoms with Gasteiger partial charge in [0.1, 0.15) is 18.0 Å². The summed E-state index contributed by atoms with van der Waals surface area (Å²) in [6.45, 7) is 3.03. The third kappa shape index (κ3) is 4.77. The van der Waals surface area contributed by atoms with Gasteiger partial charge in [0.2, 0.25) is 0 Å². The number of halogens is 3. The quantitative estimate of drug-likeness (QED) is 0.792. The van der Waals surface area contributed by atoms with Crippen LogP contribution in [-0.2, 0) is 11.8 Å². The maximum Gasteiger partial charge on any atom is 0.416 e. The molecule has 0 heterocycles. The number of benzene rings is 2. The normalized spacial score (nSPS) is 14.3. The van der Waals surface area contributed by atoms with Gasteiger partial charge in [0.25, 0.3) is 0 Å². The predicted octanol–water partition coefficient (Wildman–Crippen LogP) is 4.29. The molecule has 142 valence electrons. The minimum atomic E-state index is -4.45. The SMILES string of the molecule is CCC(O)(c1ccc(OCCN(C)C)cc1)c1cccc(C(F)(F)F)c1. The number of nitrogens with zero attached hydrogens (tertiary/aromatic N) is 1. The summed E-state index contributed by atoms with van der Waals surface area (Å²) in [6.07, 6.45) is -4.20. The molecule has 1 atom stereocenters. The summed E-state index contributed by atoms with van der Waals surface area (Å²) in [5.41, 5.74) is -1.52. The van der Waals surface area contributed by atoms with Crippen molar-refractivity contribution in [2.45, 2.75) is 25.1 Å². The van der Waals surface area contributed by atoms with Crippen molar-refractivity contribution in [1.29, 1.82) is 0 Å². The van der Waals surface area contributed by atoms with Gasteiger partial charge in [-0.1, -0.05) is 31.2 Å². The molecule has 0 saturated heterocycles. The molecule has 0 aliphatic carbocycles. The summed E-state index contributed by atoms with van der Waals surface area (Å²) in [5.74, 6) is 0.651. The molecule has 0 aliphatic heterocycles. The molecule has 2 aromatic carbocycles. The first-order valence-corrected chi connectivity index (χ1v) is 8.45. The smallest absolute Gasteiger partial charge is 0.416 e. The fraction of sp³-hybridized carbons (Fsp3) is 0.400. The maximum atomic E-state index is 13.0. The third-order valence-electron chi connectivity index (χ3n) is 4.32. The van der Waals surface area contributed by atoms with Gasteiger partial charge in [0.05, 0.1) is 5.56 Å². The fourth-order valence-electron chi connectivity index (χ4n) is 2.70. The molecule has 0 aromatic heterocycles. The van der Waals surface area contributed by atoms with Crippen LogP contribution < -0.4 is 4.74 Å². The van der Waals surface area contributed by atoms with E-state index in [0.717, 1.165) is 18.7 Å². The second kappa shape index (κ2) is 8.10. The minimum absolute atomic E-state index is 0.219. The van der Waals surface area contributed by atoms with Crippen LogP contribution in [0.1, 0.15) is 30.0 Å². The first-order valence-electron chi connectivity index (χ1n) is 8.45. The van der Waals surface area contributed by atoms with Crippen molar-refractivity contribution in [1.82, 2.24) is 4.90 Å². The highest BCUT2D eigenvalue weighted by Crippen LogP contribution is 2.37. The standard InChI is InChI=1S/C20H24F3NO2/c1-4-19(25,16-6-5-7-17(14-16)20(21,22)23)15-8-10-18(11-9-15)26-13-12-24(2)3/h5-11,14,25H,4,12-13H2,1-3H3. The van der Waals surface area contributed by atoms with E-state index < -0.39 is 17.3 Å². The van der Waals surface area contributed by atoms with Crippen molar-refractivity contribution in [3.8, 4) is 5.75 Å². The van der Waals surface area contributed by atoms with Crippen LogP contribution in [-0.4, -0.2) is 37.3 Å².